The van der Waals surface area contributed by atoms with Crippen LogP contribution in [0, 0.1) is 5.92 Å². The predicted molar refractivity (Wildman–Crippen MR) is 67.7 cm³/mol. The molecule has 0 bridgehead atoms. The number of hydrogen-bond acceptors (Lipinski definition) is 5. The van der Waals surface area contributed by atoms with E-state index < -0.39 is 27.8 Å². The molecule has 0 radical (unpaired) electrons. The van der Waals surface area contributed by atoms with Crippen molar-refractivity contribution in [3.05, 3.63) is 18.2 Å². The number of carboxylic acid groups (broad SMARTS) is 1. The van der Waals surface area contributed by atoms with E-state index in [1.54, 1.807) is 0 Å². The summed E-state index contributed by atoms with van der Waals surface area (Å²) >= 11 is 0. The van der Waals surface area contributed by atoms with Crippen LogP contribution in [0.5, 0.6) is 0 Å². The van der Waals surface area contributed by atoms with Crippen LogP contribution in [0.2, 0.25) is 0 Å². The Labute approximate surface area is 109 Å². The van der Waals surface area contributed by atoms with E-state index in [2.05, 4.69) is 5.32 Å². The molecule has 0 saturated heterocycles. The molecule has 1 atom stereocenters. The summed E-state index contributed by atoms with van der Waals surface area (Å²) in [6, 6.07) is 3.67. The van der Waals surface area contributed by atoms with Crippen LogP contribution < -0.4 is 16.2 Å². The third kappa shape index (κ3) is 3.66. The first kappa shape index (κ1) is 14.9. The van der Waals surface area contributed by atoms with E-state index in [1.165, 1.54) is 19.1 Å². The van der Waals surface area contributed by atoms with Gasteiger partial charge in [0.1, 0.15) is 10.8 Å². The molecule has 8 nitrogen and oxygen atoms in total. The number of carboxylic acids is 1. The van der Waals surface area contributed by atoms with Crippen molar-refractivity contribution in [1.82, 2.24) is 0 Å². The Hall–Kier alpha value is -2.13. The summed E-state index contributed by atoms with van der Waals surface area (Å²) in [6.07, 6.45) is 0. The molecule has 9 heteroatoms. The summed E-state index contributed by atoms with van der Waals surface area (Å²) in [5.74, 6) is -3.52. The summed E-state index contributed by atoms with van der Waals surface area (Å²) in [6.45, 7) is 1.17. The molecular weight excluding hydrogens is 274 g/mol. The van der Waals surface area contributed by atoms with Crippen LogP contribution in [0.4, 0.5) is 11.4 Å². The molecule has 0 saturated carbocycles. The van der Waals surface area contributed by atoms with Crippen molar-refractivity contribution in [2.45, 2.75) is 11.8 Å². The van der Waals surface area contributed by atoms with Crippen molar-refractivity contribution >= 4 is 33.3 Å². The average molecular weight is 287 g/mol. The van der Waals surface area contributed by atoms with Crippen LogP contribution >= 0.6 is 0 Å². The number of hydrogen-bond donors (Lipinski definition) is 4. The molecule has 1 aromatic carbocycles. The summed E-state index contributed by atoms with van der Waals surface area (Å²) in [5.41, 5.74) is 5.47. The van der Waals surface area contributed by atoms with Crippen molar-refractivity contribution in [2.75, 3.05) is 11.1 Å². The number of primary sulfonamides is 1. The predicted octanol–water partition coefficient (Wildman–Crippen LogP) is -0.425. The molecule has 1 aromatic rings. The molecule has 1 unspecified atom stereocenters. The van der Waals surface area contributed by atoms with E-state index in [4.69, 9.17) is 16.0 Å². The molecule has 0 fully saturated rings. The van der Waals surface area contributed by atoms with Gasteiger partial charge in [-0.25, -0.2) is 13.6 Å². The van der Waals surface area contributed by atoms with Gasteiger partial charge in [-0.1, -0.05) is 0 Å². The van der Waals surface area contributed by atoms with Gasteiger partial charge in [0, 0.05) is 5.69 Å². The van der Waals surface area contributed by atoms with Crippen LogP contribution in [0.25, 0.3) is 0 Å². The van der Waals surface area contributed by atoms with Gasteiger partial charge < -0.3 is 16.2 Å². The lowest BCUT2D eigenvalue weighted by molar-refractivity contribution is -0.144. The second-order valence-corrected chi connectivity index (χ2v) is 5.38. The van der Waals surface area contributed by atoms with Gasteiger partial charge in [-0.15, -0.1) is 0 Å². The largest absolute Gasteiger partial charge is 0.481 e. The van der Waals surface area contributed by atoms with E-state index in [0.29, 0.717) is 0 Å². The Kier molecular flexibility index (Phi) is 4.12. The minimum atomic E-state index is -4.09. The van der Waals surface area contributed by atoms with E-state index in [-0.39, 0.29) is 16.3 Å². The number of sulfonamides is 1. The third-order valence-electron chi connectivity index (χ3n) is 2.33. The van der Waals surface area contributed by atoms with E-state index in [9.17, 15) is 18.0 Å². The van der Waals surface area contributed by atoms with Gasteiger partial charge >= 0.3 is 5.97 Å². The first-order chi connectivity index (χ1) is 8.62. The number of amides is 1. The van der Waals surface area contributed by atoms with Gasteiger partial charge in [-0.2, -0.15) is 0 Å². The maximum atomic E-state index is 11.6. The lowest BCUT2D eigenvalue weighted by Crippen LogP contribution is -2.28. The van der Waals surface area contributed by atoms with Gasteiger partial charge in [0.25, 0.3) is 0 Å². The van der Waals surface area contributed by atoms with Gasteiger partial charge in [0.15, 0.2) is 0 Å². The number of nitrogens with two attached hydrogens (primary N) is 2. The topological polar surface area (TPSA) is 153 Å². The standard InChI is InChI=1S/C10H13N3O5S/c1-5(10(15)16)9(14)13-7-3-2-6(11)4-8(7)19(12,17)18/h2-5H,11H2,1H3,(H,13,14)(H,15,16)(H2,12,17,18). The van der Waals surface area contributed by atoms with Crippen LogP contribution in [-0.4, -0.2) is 25.4 Å². The van der Waals surface area contributed by atoms with E-state index in [0.717, 1.165) is 6.07 Å². The molecule has 0 spiro atoms. The fraction of sp³-hybridized carbons (Fsp3) is 0.200. The summed E-state index contributed by atoms with van der Waals surface area (Å²) in [7, 11) is -4.09. The van der Waals surface area contributed by atoms with Crippen molar-refractivity contribution in [2.24, 2.45) is 11.1 Å². The Morgan fingerprint density at radius 3 is 2.42 bits per heavy atom. The first-order valence-electron chi connectivity index (χ1n) is 5.09. The summed E-state index contributed by atoms with van der Waals surface area (Å²) in [4.78, 5) is 21.8. The molecule has 1 amide bonds. The number of nitrogens with one attached hydrogen (secondary N) is 1. The first-order valence-corrected chi connectivity index (χ1v) is 6.63. The van der Waals surface area contributed by atoms with Crippen molar-refractivity contribution in [3.8, 4) is 0 Å². The van der Waals surface area contributed by atoms with Crippen molar-refractivity contribution < 1.29 is 23.1 Å². The van der Waals surface area contributed by atoms with E-state index >= 15 is 0 Å². The van der Waals surface area contributed by atoms with Crippen LogP contribution in [0.1, 0.15) is 6.92 Å². The number of nitrogen functional groups attached to an aromatic ring is 1. The molecule has 0 aliphatic heterocycles. The number of anilines is 2. The fourth-order valence-electron chi connectivity index (χ4n) is 1.23. The molecule has 0 heterocycles. The lowest BCUT2D eigenvalue weighted by atomic mass is 10.1. The normalized spacial score (nSPS) is 12.7. The molecule has 0 aliphatic rings. The molecule has 1 rings (SSSR count). The van der Waals surface area contributed by atoms with Crippen LogP contribution in [0.15, 0.2) is 23.1 Å². The number of carbonyl (C=O) groups is 2. The van der Waals surface area contributed by atoms with Crippen LogP contribution in [-0.2, 0) is 19.6 Å². The van der Waals surface area contributed by atoms with Crippen LogP contribution in [0.3, 0.4) is 0 Å². The molecule has 104 valence electrons. The summed E-state index contributed by atoms with van der Waals surface area (Å²) < 4.78 is 22.7. The zero-order chi connectivity index (χ0) is 14.8. The van der Waals surface area contributed by atoms with Gasteiger partial charge in [0.2, 0.25) is 15.9 Å². The Morgan fingerprint density at radius 2 is 1.95 bits per heavy atom. The minimum absolute atomic E-state index is 0.116. The number of carbonyl (C=O) groups excluding carboxylic acids is 1. The highest BCUT2D eigenvalue weighted by molar-refractivity contribution is 7.89. The van der Waals surface area contributed by atoms with Gasteiger partial charge in [-0.3, -0.25) is 9.59 Å². The highest BCUT2D eigenvalue weighted by Crippen LogP contribution is 2.23. The minimum Gasteiger partial charge on any atom is -0.481 e. The highest BCUT2D eigenvalue weighted by Gasteiger charge is 2.23. The number of rotatable bonds is 4. The number of benzene rings is 1. The summed E-state index contributed by atoms with van der Waals surface area (Å²) in [5, 5.41) is 15.9. The molecule has 6 N–H and O–H groups in total. The molecule has 0 aliphatic carbocycles. The van der Waals surface area contributed by atoms with Crippen molar-refractivity contribution in [3.63, 3.8) is 0 Å². The molecule has 19 heavy (non-hydrogen) atoms. The zero-order valence-corrected chi connectivity index (χ0v) is 10.8. The zero-order valence-electron chi connectivity index (χ0n) is 9.95. The SMILES string of the molecule is CC(C(=O)O)C(=O)Nc1ccc(N)cc1S(N)(=O)=O. The fourth-order valence-corrected chi connectivity index (χ4v) is 1.96. The quantitative estimate of drug-likeness (QED) is 0.435. The monoisotopic (exact) mass is 287 g/mol. The average Bonchev–Trinajstić information content (AvgIpc) is 2.28. The highest BCUT2D eigenvalue weighted by atomic mass is 32.2. The second kappa shape index (κ2) is 5.24. The lowest BCUT2D eigenvalue weighted by Gasteiger charge is -2.12. The Balaban J connectivity index is 3.16. The maximum absolute atomic E-state index is 11.6. The van der Waals surface area contributed by atoms with Gasteiger partial charge in [0.05, 0.1) is 5.69 Å². The van der Waals surface area contributed by atoms with Crippen molar-refractivity contribution in [1.29, 1.82) is 0 Å². The maximum Gasteiger partial charge on any atom is 0.315 e. The molecule has 0 aromatic heterocycles. The Morgan fingerprint density at radius 1 is 1.37 bits per heavy atom. The van der Waals surface area contributed by atoms with Gasteiger partial charge in [-0.05, 0) is 25.1 Å². The molecular formula is C10H13N3O5S. The Bertz CT molecular complexity index is 626. The van der Waals surface area contributed by atoms with E-state index in [1.807, 2.05) is 0 Å². The third-order valence-corrected chi connectivity index (χ3v) is 3.28. The number of aliphatic carboxylic acids is 1. The smallest absolute Gasteiger partial charge is 0.315 e. The second-order valence-electron chi connectivity index (χ2n) is 3.85.